The molecule has 0 aromatic carbocycles. The maximum absolute atomic E-state index is 9.70. The Morgan fingerprint density at radius 1 is 1.46 bits per heavy atom. The van der Waals surface area contributed by atoms with E-state index in [-0.39, 0.29) is 6.10 Å². The van der Waals surface area contributed by atoms with Gasteiger partial charge >= 0.3 is 0 Å². The lowest BCUT2D eigenvalue weighted by molar-refractivity contribution is 0.0818. The van der Waals surface area contributed by atoms with Crippen molar-refractivity contribution >= 4 is 0 Å². The minimum atomic E-state index is -0.176. The molecule has 3 nitrogen and oxygen atoms in total. The predicted molar refractivity (Wildman–Crippen MR) is 54.7 cm³/mol. The van der Waals surface area contributed by atoms with Crippen LogP contribution in [0.15, 0.2) is 0 Å². The Morgan fingerprint density at radius 2 is 2.15 bits per heavy atom. The van der Waals surface area contributed by atoms with Crippen molar-refractivity contribution in [3.05, 3.63) is 0 Å². The van der Waals surface area contributed by atoms with E-state index in [2.05, 4.69) is 24.5 Å². The summed E-state index contributed by atoms with van der Waals surface area (Å²) in [5.74, 6) is 0.334. The summed E-state index contributed by atoms with van der Waals surface area (Å²) in [6.07, 6.45) is 0.665. The van der Waals surface area contributed by atoms with Gasteiger partial charge in [-0.05, 0) is 19.3 Å². The number of nitrogens with one attached hydrogen (secondary N) is 2. The lowest BCUT2D eigenvalue weighted by atomic mass is 9.92. The van der Waals surface area contributed by atoms with Crippen molar-refractivity contribution in [2.75, 3.05) is 13.1 Å². The molecule has 1 aliphatic heterocycles. The van der Waals surface area contributed by atoms with Crippen molar-refractivity contribution in [2.45, 2.75) is 45.4 Å². The number of aliphatic hydroxyl groups is 1. The van der Waals surface area contributed by atoms with Crippen LogP contribution >= 0.6 is 0 Å². The molecule has 1 aliphatic rings. The van der Waals surface area contributed by atoms with Gasteiger partial charge in [0.25, 0.3) is 0 Å². The Hall–Kier alpha value is -0.120. The number of rotatable bonds is 3. The zero-order chi connectivity index (χ0) is 9.84. The third-order valence-corrected chi connectivity index (χ3v) is 2.97. The minimum Gasteiger partial charge on any atom is -0.393 e. The molecule has 1 rings (SSSR count). The standard InChI is InChI=1S/C10H22N2O/c1-4-10(13)8(3)9-6-11-5-7(2)12-9/h7-13H,4-6H2,1-3H3. The molecule has 0 bridgehead atoms. The van der Waals surface area contributed by atoms with Crippen LogP contribution in [0.5, 0.6) is 0 Å². The fourth-order valence-electron chi connectivity index (χ4n) is 1.92. The van der Waals surface area contributed by atoms with Gasteiger partial charge in [0.15, 0.2) is 0 Å². The lowest BCUT2D eigenvalue weighted by Crippen LogP contribution is -2.57. The third kappa shape index (κ3) is 2.93. The van der Waals surface area contributed by atoms with Crippen LogP contribution in [0.4, 0.5) is 0 Å². The van der Waals surface area contributed by atoms with E-state index in [9.17, 15) is 5.11 Å². The molecule has 0 radical (unpaired) electrons. The van der Waals surface area contributed by atoms with Gasteiger partial charge in [0.2, 0.25) is 0 Å². The molecular weight excluding hydrogens is 164 g/mol. The molecule has 13 heavy (non-hydrogen) atoms. The molecular formula is C10H22N2O. The molecule has 0 amide bonds. The van der Waals surface area contributed by atoms with Gasteiger partial charge in [0.05, 0.1) is 6.10 Å². The molecule has 78 valence electrons. The van der Waals surface area contributed by atoms with E-state index in [1.54, 1.807) is 0 Å². The second-order valence-corrected chi connectivity index (χ2v) is 4.17. The van der Waals surface area contributed by atoms with E-state index >= 15 is 0 Å². The first-order valence-electron chi connectivity index (χ1n) is 5.30. The Morgan fingerprint density at radius 3 is 2.69 bits per heavy atom. The second kappa shape index (κ2) is 4.94. The number of piperazine rings is 1. The van der Waals surface area contributed by atoms with Crippen LogP contribution in [-0.4, -0.2) is 36.4 Å². The number of hydrogen-bond acceptors (Lipinski definition) is 3. The first-order valence-corrected chi connectivity index (χ1v) is 5.30. The van der Waals surface area contributed by atoms with Gasteiger partial charge in [0, 0.05) is 25.2 Å². The molecule has 1 heterocycles. The van der Waals surface area contributed by atoms with Crippen molar-refractivity contribution in [3.8, 4) is 0 Å². The van der Waals surface area contributed by atoms with Crippen LogP contribution in [0.1, 0.15) is 27.2 Å². The van der Waals surface area contributed by atoms with Crippen molar-refractivity contribution in [1.29, 1.82) is 0 Å². The van der Waals surface area contributed by atoms with Crippen molar-refractivity contribution in [1.82, 2.24) is 10.6 Å². The molecule has 4 unspecified atom stereocenters. The molecule has 3 heteroatoms. The van der Waals surface area contributed by atoms with E-state index in [4.69, 9.17) is 0 Å². The van der Waals surface area contributed by atoms with E-state index in [1.807, 2.05) is 6.92 Å². The highest BCUT2D eigenvalue weighted by Gasteiger charge is 2.26. The molecule has 0 aliphatic carbocycles. The zero-order valence-electron chi connectivity index (χ0n) is 8.88. The largest absolute Gasteiger partial charge is 0.393 e. The van der Waals surface area contributed by atoms with Gasteiger partial charge in [-0.3, -0.25) is 0 Å². The first-order chi connectivity index (χ1) is 6.15. The summed E-state index contributed by atoms with van der Waals surface area (Å²) in [6.45, 7) is 8.32. The Balaban J connectivity index is 2.41. The maximum atomic E-state index is 9.70. The first kappa shape index (κ1) is 11.0. The molecule has 1 fully saturated rings. The normalized spacial score (nSPS) is 34.2. The summed E-state index contributed by atoms with van der Waals surface area (Å²) in [6, 6.07) is 0.934. The summed E-state index contributed by atoms with van der Waals surface area (Å²) >= 11 is 0. The van der Waals surface area contributed by atoms with Crippen LogP contribution in [0.25, 0.3) is 0 Å². The number of aliphatic hydroxyl groups excluding tert-OH is 1. The topological polar surface area (TPSA) is 44.3 Å². The smallest absolute Gasteiger partial charge is 0.0578 e. The molecule has 0 saturated carbocycles. The van der Waals surface area contributed by atoms with Crippen molar-refractivity contribution < 1.29 is 5.11 Å². The van der Waals surface area contributed by atoms with Gasteiger partial charge in [0.1, 0.15) is 0 Å². The molecule has 0 aromatic rings. The van der Waals surface area contributed by atoms with E-state index in [0.29, 0.717) is 18.0 Å². The predicted octanol–water partition coefficient (Wildman–Crippen LogP) is 0.343. The quantitative estimate of drug-likeness (QED) is 0.595. The third-order valence-electron chi connectivity index (χ3n) is 2.97. The molecule has 1 saturated heterocycles. The van der Waals surface area contributed by atoms with Crippen molar-refractivity contribution in [3.63, 3.8) is 0 Å². The summed E-state index contributed by atoms with van der Waals surface area (Å²) < 4.78 is 0. The van der Waals surface area contributed by atoms with Gasteiger partial charge < -0.3 is 15.7 Å². The van der Waals surface area contributed by atoms with Crippen LogP contribution in [0, 0.1) is 5.92 Å². The molecule has 4 atom stereocenters. The zero-order valence-corrected chi connectivity index (χ0v) is 8.88. The summed E-state index contributed by atoms with van der Waals surface area (Å²) in [7, 11) is 0. The fraction of sp³-hybridized carbons (Fsp3) is 1.00. The molecule has 3 N–H and O–H groups in total. The Bertz CT molecular complexity index is 152. The Kier molecular flexibility index (Phi) is 4.16. The maximum Gasteiger partial charge on any atom is 0.0578 e. The van der Waals surface area contributed by atoms with Crippen LogP contribution in [0.3, 0.4) is 0 Å². The highest BCUT2D eigenvalue weighted by atomic mass is 16.3. The summed E-state index contributed by atoms with van der Waals surface area (Å²) in [5, 5.41) is 16.6. The van der Waals surface area contributed by atoms with Crippen LogP contribution in [0.2, 0.25) is 0 Å². The number of hydrogen-bond donors (Lipinski definition) is 3. The van der Waals surface area contributed by atoms with E-state index < -0.39 is 0 Å². The lowest BCUT2D eigenvalue weighted by Gasteiger charge is -2.35. The van der Waals surface area contributed by atoms with Gasteiger partial charge in [-0.2, -0.15) is 0 Å². The summed E-state index contributed by atoms with van der Waals surface area (Å²) in [5.41, 5.74) is 0. The average molecular weight is 186 g/mol. The van der Waals surface area contributed by atoms with Crippen LogP contribution < -0.4 is 10.6 Å². The average Bonchev–Trinajstić information content (AvgIpc) is 2.15. The van der Waals surface area contributed by atoms with Crippen LogP contribution in [-0.2, 0) is 0 Å². The van der Waals surface area contributed by atoms with E-state index in [1.165, 1.54) is 0 Å². The molecule has 0 aromatic heterocycles. The second-order valence-electron chi connectivity index (χ2n) is 4.17. The minimum absolute atomic E-state index is 0.176. The van der Waals surface area contributed by atoms with Gasteiger partial charge in [-0.25, -0.2) is 0 Å². The van der Waals surface area contributed by atoms with Gasteiger partial charge in [-0.15, -0.1) is 0 Å². The van der Waals surface area contributed by atoms with E-state index in [0.717, 1.165) is 19.5 Å². The fourth-order valence-corrected chi connectivity index (χ4v) is 1.92. The monoisotopic (exact) mass is 186 g/mol. The summed E-state index contributed by atoms with van der Waals surface area (Å²) in [4.78, 5) is 0. The van der Waals surface area contributed by atoms with Gasteiger partial charge in [-0.1, -0.05) is 13.8 Å². The Labute approximate surface area is 80.9 Å². The highest BCUT2D eigenvalue weighted by Crippen LogP contribution is 2.13. The SMILES string of the molecule is CCC(O)C(C)C1CNCC(C)N1. The van der Waals surface area contributed by atoms with Crippen molar-refractivity contribution in [2.24, 2.45) is 5.92 Å². The molecule has 0 spiro atoms. The highest BCUT2D eigenvalue weighted by molar-refractivity contribution is 4.86.